The van der Waals surface area contributed by atoms with Crippen LogP contribution in [0, 0.1) is 6.92 Å². The van der Waals surface area contributed by atoms with Crippen LogP contribution in [-0.2, 0) is 9.47 Å². The maximum atomic E-state index is 10.7. The Morgan fingerprint density at radius 3 is 3.00 bits per heavy atom. The molecule has 1 aliphatic rings. The van der Waals surface area contributed by atoms with Crippen LogP contribution in [-0.4, -0.2) is 25.5 Å². The number of hydrogen-bond acceptors (Lipinski definition) is 4. The van der Waals surface area contributed by atoms with Crippen LogP contribution in [0.2, 0.25) is 5.02 Å². The van der Waals surface area contributed by atoms with E-state index in [9.17, 15) is 4.79 Å². The topological polar surface area (TPSA) is 44.8 Å². The second kappa shape index (κ2) is 4.61. The highest BCUT2D eigenvalue weighted by molar-refractivity contribution is 6.30. The number of hydrogen-bond donors (Lipinski definition) is 0. The van der Waals surface area contributed by atoms with Gasteiger partial charge in [0.1, 0.15) is 19.0 Å². The third-order valence-electron chi connectivity index (χ3n) is 2.21. The Bertz CT molecular complexity index is 405. The highest BCUT2D eigenvalue weighted by atomic mass is 35.5. The molecule has 1 heterocycles. The first-order valence-corrected chi connectivity index (χ1v) is 5.25. The van der Waals surface area contributed by atoms with Gasteiger partial charge in [-0.3, -0.25) is 0 Å². The molecule has 4 nitrogen and oxygen atoms in total. The molecular formula is C11H11ClO4. The van der Waals surface area contributed by atoms with E-state index in [2.05, 4.69) is 4.74 Å². The highest BCUT2D eigenvalue weighted by Crippen LogP contribution is 2.22. The summed E-state index contributed by atoms with van der Waals surface area (Å²) in [5.41, 5.74) is 0.942. The van der Waals surface area contributed by atoms with E-state index in [1.807, 2.05) is 13.0 Å². The Morgan fingerprint density at radius 1 is 1.56 bits per heavy atom. The number of benzene rings is 1. The van der Waals surface area contributed by atoms with Crippen molar-refractivity contribution in [2.75, 3.05) is 13.2 Å². The van der Waals surface area contributed by atoms with Crippen LogP contribution in [0.25, 0.3) is 0 Å². The van der Waals surface area contributed by atoms with E-state index in [1.165, 1.54) is 0 Å². The molecule has 2 rings (SSSR count). The van der Waals surface area contributed by atoms with Crippen LogP contribution >= 0.6 is 11.6 Å². The van der Waals surface area contributed by atoms with E-state index >= 15 is 0 Å². The third kappa shape index (κ3) is 2.58. The minimum Gasteiger partial charge on any atom is -0.489 e. The van der Waals surface area contributed by atoms with Gasteiger partial charge in [-0.1, -0.05) is 11.6 Å². The van der Waals surface area contributed by atoms with Gasteiger partial charge in [-0.25, -0.2) is 4.79 Å². The largest absolute Gasteiger partial charge is 0.508 e. The summed E-state index contributed by atoms with van der Waals surface area (Å²) in [6.45, 7) is 2.43. The lowest BCUT2D eigenvalue weighted by molar-refractivity contribution is 0.0981. The molecule has 0 bridgehead atoms. The lowest BCUT2D eigenvalue weighted by Gasteiger charge is -2.11. The zero-order chi connectivity index (χ0) is 11.5. The van der Waals surface area contributed by atoms with Crippen molar-refractivity contribution in [3.63, 3.8) is 0 Å². The average Bonchev–Trinajstić information content (AvgIpc) is 2.63. The molecule has 0 amide bonds. The van der Waals surface area contributed by atoms with Gasteiger partial charge in [0, 0.05) is 5.02 Å². The fraction of sp³-hybridized carbons (Fsp3) is 0.364. The lowest BCUT2D eigenvalue weighted by Crippen LogP contribution is -2.20. The molecule has 1 aromatic carbocycles. The van der Waals surface area contributed by atoms with E-state index in [0.29, 0.717) is 5.02 Å². The van der Waals surface area contributed by atoms with Crippen molar-refractivity contribution in [1.29, 1.82) is 0 Å². The molecule has 0 N–H and O–H groups in total. The summed E-state index contributed by atoms with van der Waals surface area (Å²) < 4.78 is 15.0. The first kappa shape index (κ1) is 11.1. The second-order valence-electron chi connectivity index (χ2n) is 3.52. The molecule has 1 unspecified atom stereocenters. The summed E-state index contributed by atoms with van der Waals surface area (Å²) >= 11 is 5.82. The quantitative estimate of drug-likeness (QED) is 0.764. The minimum absolute atomic E-state index is 0.242. The lowest BCUT2D eigenvalue weighted by atomic mass is 10.2. The molecule has 1 aliphatic heterocycles. The Balaban J connectivity index is 1.92. The van der Waals surface area contributed by atoms with Crippen LogP contribution in [0.5, 0.6) is 5.75 Å². The molecule has 16 heavy (non-hydrogen) atoms. The molecule has 86 valence electrons. The summed E-state index contributed by atoms with van der Waals surface area (Å²) in [6, 6.07) is 5.35. The van der Waals surface area contributed by atoms with Crippen molar-refractivity contribution in [1.82, 2.24) is 0 Å². The van der Waals surface area contributed by atoms with Crippen molar-refractivity contribution in [2.45, 2.75) is 13.0 Å². The van der Waals surface area contributed by atoms with Crippen molar-refractivity contribution < 1.29 is 19.0 Å². The number of carbonyl (C=O) groups is 1. The van der Waals surface area contributed by atoms with E-state index in [1.54, 1.807) is 12.1 Å². The number of aryl methyl sites for hydroxylation is 1. The second-order valence-corrected chi connectivity index (χ2v) is 3.96. The predicted molar refractivity (Wildman–Crippen MR) is 57.9 cm³/mol. The molecule has 1 saturated heterocycles. The molecular weight excluding hydrogens is 232 g/mol. The van der Waals surface area contributed by atoms with Gasteiger partial charge in [0.15, 0.2) is 6.10 Å². The fourth-order valence-corrected chi connectivity index (χ4v) is 1.63. The molecule has 1 atom stereocenters. The molecule has 0 saturated carbocycles. The van der Waals surface area contributed by atoms with Gasteiger partial charge in [0.05, 0.1) is 0 Å². The fourth-order valence-electron chi connectivity index (χ4n) is 1.40. The van der Waals surface area contributed by atoms with Crippen molar-refractivity contribution in [3.8, 4) is 5.75 Å². The van der Waals surface area contributed by atoms with Gasteiger partial charge in [-0.15, -0.1) is 0 Å². The minimum atomic E-state index is -0.638. The van der Waals surface area contributed by atoms with Crippen molar-refractivity contribution in [2.24, 2.45) is 0 Å². The summed E-state index contributed by atoms with van der Waals surface area (Å²) in [6.07, 6.45) is -0.969. The maximum Gasteiger partial charge on any atom is 0.508 e. The van der Waals surface area contributed by atoms with Crippen molar-refractivity contribution in [3.05, 3.63) is 28.8 Å². The Morgan fingerprint density at radius 2 is 2.38 bits per heavy atom. The zero-order valence-electron chi connectivity index (χ0n) is 8.73. The smallest absolute Gasteiger partial charge is 0.489 e. The van der Waals surface area contributed by atoms with Crippen LogP contribution < -0.4 is 4.74 Å². The predicted octanol–water partition coefficient (Wildman–Crippen LogP) is 2.56. The van der Waals surface area contributed by atoms with E-state index in [-0.39, 0.29) is 19.3 Å². The summed E-state index contributed by atoms with van der Waals surface area (Å²) in [5, 5.41) is 0.667. The Hall–Kier alpha value is -1.42. The van der Waals surface area contributed by atoms with Crippen LogP contribution in [0.3, 0.4) is 0 Å². The van der Waals surface area contributed by atoms with Crippen molar-refractivity contribution >= 4 is 17.8 Å². The van der Waals surface area contributed by atoms with E-state index in [4.69, 9.17) is 21.1 Å². The number of ether oxygens (including phenoxy) is 3. The summed E-state index contributed by atoms with van der Waals surface area (Å²) in [7, 11) is 0. The molecule has 5 heteroatoms. The monoisotopic (exact) mass is 242 g/mol. The first-order valence-electron chi connectivity index (χ1n) is 4.87. The number of rotatable bonds is 3. The van der Waals surface area contributed by atoms with Gasteiger partial charge in [0.25, 0.3) is 0 Å². The summed E-state index contributed by atoms with van der Waals surface area (Å²) in [5.74, 6) is 0.729. The molecule has 1 aromatic rings. The van der Waals surface area contributed by atoms with Gasteiger partial charge in [0.2, 0.25) is 0 Å². The molecule has 0 spiro atoms. The molecule has 0 radical (unpaired) electrons. The average molecular weight is 243 g/mol. The van der Waals surface area contributed by atoms with Gasteiger partial charge in [-0.2, -0.15) is 0 Å². The van der Waals surface area contributed by atoms with E-state index in [0.717, 1.165) is 11.3 Å². The van der Waals surface area contributed by atoms with Gasteiger partial charge in [-0.05, 0) is 30.7 Å². The number of carbonyl (C=O) groups excluding carboxylic acids is 1. The zero-order valence-corrected chi connectivity index (χ0v) is 9.49. The third-order valence-corrected chi connectivity index (χ3v) is 2.45. The Kier molecular flexibility index (Phi) is 3.19. The Labute approximate surface area is 98.1 Å². The molecule has 0 aromatic heterocycles. The molecule has 0 aliphatic carbocycles. The van der Waals surface area contributed by atoms with Gasteiger partial charge < -0.3 is 14.2 Å². The standard InChI is InChI=1S/C11H11ClO4/c1-7-4-8(12)2-3-10(7)14-5-9-6-15-11(13)16-9/h2-4,9H,5-6H2,1H3. The van der Waals surface area contributed by atoms with Crippen LogP contribution in [0.15, 0.2) is 18.2 Å². The number of halogens is 1. The van der Waals surface area contributed by atoms with Gasteiger partial charge >= 0.3 is 6.16 Å². The normalized spacial score (nSPS) is 19.1. The highest BCUT2D eigenvalue weighted by Gasteiger charge is 2.25. The first-order chi connectivity index (χ1) is 7.65. The number of cyclic esters (lactones) is 2. The maximum absolute atomic E-state index is 10.7. The molecule has 1 fully saturated rings. The van der Waals surface area contributed by atoms with Crippen LogP contribution in [0.1, 0.15) is 5.56 Å². The summed E-state index contributed by atoms with van der Waals surface area (Å²) in [4.78, 5) is 10.7. The SMILES string of the molecule is Cc1cc(Cl)ccc1OCC1COC(=O)O1. The van der Waals surface area contributed by atoms with Crippen LogP contribution in [0.4, 0.5) is 4.79 Å². The van der Waals surface area contributed by atoms with E-state index < -0.39 is 6.16 Å².